The molecule has 0 radical (unpaired) electrons. The zero-order chi connectivity index (χ0) is 22.2. The molecule has 1 fully saturated rings. The molecule has 0 spiro atoms. The third kappa shape index (κ3) is 6.50. The second-order valence-corrected chi connectivity index (χ2v) is 8.22. The molecule has 168 valence electrons. The Morgan fingerprint density at radius 1 is 0.969 bits per heavy atom. The lowest BCUT2D eigenvalue weighted by atomic mass is 10.1. The summed E-state index contributed by atoms with van der Waals surface area (Å²) in [5.74, 6) is 0.313. The van der Waals surface area contributed by atoms with Crippen LogP contribution in [-0.4, -0.2) is 64.6 Å². The molecule has 2 aromatic carbocycles. The second kappa shape index (κ2) is 11.0. The van der Waals surface area contributed by atoms with Crippen LogP contribution < -0.4 is 5.32 Å². The highest BCUT2D eigenvalue weighted by atomic mass is 16.3. The van der Waals surface area contributed by atoms with Gasteiger partial charge in [0.05, 0.1) is 12.6 Å². The number of aromatic nitrogens is 1. The maximum atomic E-state index is 12.3. The summed E-state index contributed by atoms with van der Waals surface area (Å²) in [5, 5.41) is 13.3. The van der Waals surface area contributed by atoms with Gasteiger partial charge < -0.3 is 14.8 Å². The van der Waals surface area contributed by atoms with E-state index in [0.717, 1.165) is 37.3 Å². The van der Waals surface area contributed by atoms with Crippen molar-refractivity contribution in [3.8, 4) is 0 Å². The maximum Gasteiger partial charge on any atom is 0.273 e. The van der Waals surface area contributed by atoms with Crippen LogP contribution >= 0.6 is 0 Å². The van der Waals surface area contributed by atoms with Crippen molar-refractivity contribution < 1.29 is 14.3 Å². The number of hydrogen-bond donors (Lipinski definition) is 2. The van der Waals surface area contributed by atoms with Crippen LogP contribution in [-0.2, 0) is 19.5 Å². The number of rotatable bonds is 9. The molecule has 1 unspecified atom stereocenters. The normalized spacial score (nSPS) is 16.0. The zero-order valence-electron chi connectivity index (χ0n) is 18.2. The Morgan fingerprint density at radius 2 is 1.59 bits per heavy atom. The first-order valence-electron chi connectivity index (χ1n) is 11.1. The molecule has 0 aliphatic carbocycles. The first-order valence-corrected chi connectivity index (χ1v) is 11.1. The molecule has 0 bridgehead atoms. The van der Waals surface area contributed by atoms with Gasteiger partial charge in [-0.25, -0.2) is 4.98 Å². The Morgan fingerprint density at radius 3 is 2.28 bits per heavy atom. The summed E-state index contributed by atoms with van der Waals surface area (Å²) in [5.41, 5.74) is 2.50. The lowest BCUT2D eigenvalue weighted by Crippen LogP contribution is -2.48. The third-order valence-electron chi connectivity index (χ3n) is 5.69. The van der Waals surface area contributed by atoms with Gasteiger partial charge in [-0.2, -0.15) is 0 Å². The fraction of sp³-hybridized carbons (Fsp3) is 0.360. The van der Waals surface area contributed by atoms with Crippen molar-refractivity contribution in [2.75, 3.05) is 32.7 Å². The molecule has 1 aliphatic rings. The number of amides is 1. The Kier molecular flexibility index (Phi) is 7.66. The van der Waals surface area contributed by atoms with Crippen LogP contribution in [0, 0.1) is 0 Å². The van der Waals surface area contributed by atoms with Crippen molar-refractivity contribution in [2.45, 2.75) is 25.6 Å². The summed E-state index contributed by atoms with van der Waals surface area (Å²) in [6.07, 6.45) is 1.73. The monoisotopic (exact) mass is 434 g/mol. The van der Waals surface area contributed by atoms with Gasteiger partial charge in [0.1, 0.15) is 6.26 Å². The van der Waals surface area contributed by atoms with Crippen molar-refractivity contribution in [1.82, 2.24) is 20.1 Å². The summed E-state index contributed by atoms with van der Waals surface area (Å²) in [6.45, 7) is 5.22. The average molecular weight is 435 g/mol. The number of carbonyl (C=O) groups is 1. The fourth-order valence-electron chi connectivity index (χ4n) is 3.93. The van der Waals surface area contributed by atoms with Crippen LogP contribution in [0.5, 0.6) is 0 Å². The van der Waals surface area contributed by atoms with Crippen molar-refractivity contribution in [1.29, 1.82) is 0 Å². The third-order valence-corrected chi connectivity index (χ3v) is 5.69. The minimum Gasteiger partial charge on any atom is -0.447 e. The maximum absolute atomic E-state index is 12.3. The van der Waals surface area contributed by atoms with Crippen molar-refractivity contribution >= 4 is 5.91 Å². The molecule has 32 heavy (non-hydrogen) atoms. The Bertz CT molecular complexity index is 969. The Hall–Kier alpha value is -3.00. The number of aliphatic hydroxyl groups excluding tert-OH is 1. The SMILES string of the molecule is O=C(NCc1ccccc1)c1coc(CN2CCN(CC(O)Cc3ccccc3)CC2)n1. The number of nitrogens with one attached hydrogen (secondary N) is 1. The van der Waals surface area contributed by atoms with Gasteiger partial charge in [0.25, 0.3) is 5.91 Å². The van der Waals surface area contributed by atoms with E-state index in [1.807, 2.05) is 60.7 Å². The van der Waals surface area contributed by atoms with E-state index < -0.39 is 0 Å². The lowest BCUT2D eigenvalue weighted by molar-refractivity contribution is 0.0675. The first-order chi connectivity index (χ1) is 15.7. The van der Waals surface area contributed by atoms with Crippen LogP contribution in [0.3, 0.4) is 0 Å². The van der Waals surface area contributed by atoms with Gasteiger partial charge in [0.15, 0.2) is 5.69 Å². The van der Waals surface area contributed by atoms with E-state index in [4.69, 9.17) is 4.42 Å². The quantitative estimate of drug-likeness (QED) is 0.538. The van der Waals surface area contributed by atoms with E-state index >= 15 is 0 Å². The van der Waals surface area contributed by atoms with Crippen molar-refractivity contribution in [2.24, 2.45) is 0 Å². The molecule has 1 aromatic heterocycles. The van der Waals surface area contributed by atoms with Crippen molar-refractivity contribution in [3.05, 3.63) is 89.6 Å². The number of nitrogens with zero attached hydrogens (tertiary/aromatic N) is 3. The summed E-state index contributed by atoms with van der Waals surface area (Å²) in [6, 6.07) is 19.9. The molecule has 4 rings (SSSR count). The first kappa shape index (κ1) is 22.2. The van der Waals surface area contributed by atoms with Crippen LogP contribution in [0.25, 0.3) is 0 Å². The topological polar surface area (TPSA) is 81.8 Å². The lowest BCUT2D eigenvalue weighted by Gasteiger charge is -2.35. The predicted octanol–water partition coefficient (Wildman–Crippen LogP) is 2.33. The van der Waals surface area contributed by atoms with Gasteiger partial charge in [-0.05, 0) is 17.5 Å². The highest BCUT2D eigenvalue weighted by Crippen LogP contribution is 2.11. The molecular weight excluding hydrogens is 404 g/mol. The van der Waals surface area contributed by atoms with Crippen molar-refractivity contribution in [3.63, 3.8) is 0 Å². The van der Waals surface area contributed by atoms with Gasteiger partial charge >= 0.3 is 0 Å². The number of carbonyl (C=O) groups excluding carboxylic acids is 1. The second-order valence-electron chi connectivity index (χ2n) is 8.22. The molecule has 7 heteroatoms. The molecule has 3 aromatic rings. The number of β-amino-alcohol motifs (C(OH)–C–C–N with tert-alkyl or cyclic N) is 1. The molecule has 1 atom stereocenters. The average Bonchev–Trinajstić information content (AvgIpc) is 3.29. The van der Waals surface area contributed by atoms with E-state index in [9.17, 15) is 9.90 Å². The molecule has 2 heterocycles. The minimum atomic E-state index is -0.368. The number of aliphatic hydroxyl groups is 1. The largest absolute Gasteiger partial charge is 0.447 e. The molecule has 7 nitrogen and oxygen atoms in total. The molecule has 1 amide bonds. The van der Waals surface area contributed by atoms with E-state index in [1.165, 1.54) is 6.26 Å². The Labute approximate surface area is 188 Å². The van der Waals surface area contributed by atoms with Gasteiger partial charge in [-0.3, -0.25) is 14.6 Å². The number of piperazine rings is 1. The van der Waals surface area contributed by atoms with E-state index in [2.05, 4.69) is 20.1 Å². The number of oxazole rings is 1. The van der Waals surface area contributed by atoms with Crippen LogP contribution in [0.15, 0.2) is 71.3 Å². The summed E-state index contributed by atoms with van der Waals surface area (Å²) in [4.78, 5) is 21.2. The van der Waals surface area contributed by atoms with Crippen LogP contribution in [0.4, 0.5) is 0 Å². The van der Waals surface area contributed by atoms with E-state index in [1.54, 1.807) is 0 Å². The molecular formula is C25H30N4O3. The summed E-state index contributed by atoms with van der Waals surface area (Å²) in [7, 11) is 0. The highest BCUT2D eigenvalue weighted by molar-refractivity contribution is 5.91. The number of hydrogen-bond acceptors (Lipinski definition) is 6. The molecule has 1 aliphatic heterocycles. The van der Waals surface area contributed by atoms with Crippen LogP contribution in [0.2, 0.25) is 0 Å². The molecule has 2 N–H and O–H groups in total. The summed E-state index contributed by atoms with van der Waals surface area (Å²) >= 11 is 0. The van der Waals surface area contributed by atoms with Crippen LogP contribution in [0.1, 0.15) is 27.5 Å². The predicted molar refractivity (Wildman–Crippen MR) is 122 cm³/mol. The van der Waals surface area contributed by atoms with E-state index in [0.29, 0.717) is 37.6 Å². The van der Waals surface area contributed by atoms with E-state index in [-0.39, 0.29) is 12.0 Å². The fourth-order valence-corrected chi connectivity index (χ4v) is 3.93. The molecule has 1 saturated heterocycles. The standard InChI is InChI=1S/C25H30N4O3/c30-22(15-20-7-3-1-4-8-20)17-28-11-13-29(14-12-28)18-24-27-23(19-32-24)25(31)26-16-21-9-5-2-6-10-21/h1-10,19,22,30H,11-18H2,(H,26,31). The summed E-state index contributed by atoms with van der Waals surface area (Å²) < 4.78 is 5.53. The minimum absolute atomic E-state index is 0.235. The van der Waals surface area contributed by atoms with Gasteiger partial charge in [-0.1, -0.05) is 60.7 Å². The Balaban J connectivity index is 1.18. The van der Waals surface area contributed by atoms with Gasteiger partial charge in [-0.15, -0.1) is 0 Å². The molecule has 0 saturated carbocycles. The highest BCUT2D eigenvalue weighted by Gasteiger charge is 2.21. The van der Waals surface area contributed by atoms with Gasteiger partial charge in [0, 0.05) is 39.3 Å². The zero-order valence-corrected chi connectivity index (χ0v) is 18.2. The number of benzene rings is 2. The smallest absolute Gasteiger partial charge is 0.273 e. The van der Waals surface area contributed by atoms with Gasteiger partial charge in [0.2, 0.25) is 5.89 Å².